The van der Waals surface area contributed by atoms with Crippen LogP contribution in [0.4, 0.5) is 10.5 Å². The van der Waals surface area contributed by atoms with Crippen LogP contribution in [0.5, 0.6) is 0 Å². The number of benzene rings is 2. The van der Waals surface area contributed by atoms with Gasteiger partial charge in [-0.2, -0.15) is 12.6 Å². The number of carbonyl (C=O) groups is 3. The molecule has 0 bridgehead atoms. The number of aryl methyl sites for hydroxylation is 2. The topological polar surface area (TPSA) is 87.7 Å². The molecule has 0 aromatic heterocycles. The SMILES string of the molecule is C=CCN(C(=O)C(CS)NC(=O)OC(C)(C)C)C(C(=O)Nc1c(C)cccc1Cl)c1ccccc1C. The fourth-order valence-corrected chi connectivity index (χ4v) is 4.14. The molecule has 3 amide bonds. The van der Waals surface area contributed by atoms with E-state index >= 15 is 0 Å². The van der Waals surface area contributed by atoms with Gasteiger partial charge in [0.1, 0.15) is 17.7 Å². The number of para-hydroxylation sites is 1. The summed E-state index contributed by atoms with van der Waals surface area (Å²) in [6, 6.07) is 10.5. The standard InChI is InChI=1S/C27H34ClN3O4S/c1-7-15-31(25(33)21(16-36)29-26(34)35-27(4,5)6)23(19-13-9-8-11-17(19)2)24(32)30-22-18(3)12-10-14-20(22)28/h7-14,21,23,36H,1,15-16H2,2-6H3,(H,29,34)(H,30,32). The minimum absolute atomic E-state index is 0.00253. The van der Waals surface area contributed by atoms with Crippen LogP contribution in [0.2, 0.25) is 5.02 Å². The Kier molecular flexibility index (Phi) is 10.4. The van der Waals surface area contributed by atoms with Crippen molar-refractivity contribution in [2.24, 2.45) is 0 Å². The fourth-order valence-electron chi connectivity index (χ4n) is 3.62. The third-order valence-corrected chi connectivity index (χ3v) is 5.97. The number of nitrogens with zero attached hydrogens (tertiary/aromatic N) is 1. The van der Waals surface area contributed by atoms with Crippen molar-refractivity contribution in [1.29, 1.82) is 0 Å². The van der Waals surface area contributed by atoms with E-state index in [0.717, 1.165) is 11.1 Å². The number of ether oxygens (including phenoxy) is 1. The van der Waals surface area contributed by atoms with Gasteiger partial charge in [-0.05, 0) is 57.4 Å². The van der Waals surface area contributed by atoms with Gasteiger partial charge in [0.2, 0.25) is 5.91 Å². The van der Waals surface area contributed by atoms with E-state index < -0.39 is 35.6 Å². The third kappa shape index (κ3) is 7.77. The molecule has 2 unspecified atom stereocenters. The van der Waals surface area contributed by atoms with Crippen LogP contribution >= 0.6 is 24.2 Å². The summed E-state index contributed by atoms with van der Waals surface area (Å²) in [5.74, 6) is -0.960. The smallest absolute Gasteiger partial charge is 0.408 e. The van der Waals surface area contributed by atoms with Crippen molar-refractivity contribution in [1.82, 2.24) is 10.2 Å². The number of alkyl carbamates (subject to hydrolysis) is 1. The van der Waals surface area contributed by atoms with Crippen molar-refractivity contribution < 1.29 is 19.1 Å². The van der Waals surface area contributed by atoms with Crippen LogP contribution < -0.4 is 10.6 Å². The highest BCUT2D eigenvalue weighted by atomic mass is 35.5. The molecule has 0 aliphatic heterocycles. The Labute approximate surface area is 223 Å². The Bertz CT molecular complexity index is 1100. The molecule has 2 atom stereocenters. The summed E-state index contributed by atoms with van der Waals surface area (Å²) in [4.78, 5) is 41.3. The molecule has 2 aromatic rings. The van der Waals surface area contributed by atoms with Crippen LogP contribution in [0.3, 0.4) is 0 Å². The normalized spacial score (nSPS) is 12.8. The zero-order valence-electron chi connectivity index (χ0n) is 21.3. The second-order valence-corrected chi connectivity index (χ2v) is 10.1. The molecule has 2 rings (SSSR count). The van der Waals surface area contributed by atoms with Gasteiger partial charge >= 0.3 is 6.09 Å². The number of anilines is 1. The molecule has 0 heterocycles. The largest absolute Gasteiger partial charge is 0.444 e. The molecule has 36 heavy (non-hydrogen) atoms. The van der Waals surface area contributed by atoms with E-state index in [-0.39, 0.29) is 12.3 Å². The van der Waals surface area contributed by atoms with Gasteiger partial charge in [0, 0.05) is 12.3 Å². The number of nitrogens with one attached hydrogen (secondary N) is 2. The third-order valence-electron chi connectivity index (χ3n) is 5.29. The lowest BCUT2D eigenvalue weighted by Crippen LogP contribution is -2.53. The average Bonchev–Trinajstić information content (AvgIpc) is 2.79. The van der Waals surface area contributed by atoms with Gasteiger partial charge < -0.3 is 20.3 Å². The maximum Gasteiger partial charge on any atom is 0.408 e. The quantitative estimate of drug-likeness (QED) is 0.295. The molecule has 0 radical (unpaired) electrons. The van der Waals surface area contributed by atoms with Gasteiger partial charge in [-0.25, -0.2) is 4.79 Å². The molecule has 0 spiro atoms. The highest BCUT2D eigenvalue weighted by Gasteiger charge is 2.36. The lowest BCUT2D eigenvalue weighted by molar-refractivity contribution is -0.139. The van der Waals surface area contributed by atoms with Crippen molar-refractivity contribution in [3.8, 4) is 0 Å². The van der Waals surface area contributed by atoms with Crippen LogP contribution in [0.25, 0.3) is 0 Å². The molecule has 194 valence electrons. The minimum atomic E-state index is -1.04. The zero-order chi connectivity index (χ0) is 27.0. The summed E-state index contributed by atoms with van der Waals surface area (Å²) in [6.45, 7) is 12.7. The number of carbonyl (C=O) groups excluding carboxylic acids is 3. The van der Waals surface area contributed by atoms with Gasteiger partial charge in [-0.3, -0.25) is 9.59 Å². The molecule has 2 aromatic carbocycles. The Morgan fingerprint density at radius 2 is 1.75 bits per heavy atom. The first kappa shape index (κ1) is 29.3. The summed E-state index contributed by atoms with van der Waals surface area (Å²) in [6.07, 6.45) is 0.775. The first-order valence-electron chi connectivity index (χ1n) is 11.5. The van der Waals surface area contributed by atoms with E-state index in [9.17, 15) is 14.4 Å². The monoisotopic (exact) mass is 531 g/mol. The van der Waals surface area contributed by atoms with E-state index in [1.54, 1.807) is 45.0 Å². The first-order chi connectivity index (χ1) is 16.9. The minimum Gasteiger partial charge on any atom is -0.444 e. The molecule has 7 nitrogen and oxygen atoms in total. The molecule has 0 saturated carbocycles. The molecule has 0 saturated heterocycles. The lowest BCUT2D eigenvalue weighted by Gasteiger charge is -2.34. The molecule has 0 fully saturated rings. The summed E-state index contributed by atoms with van der Waals surface area (Å²) in [5, 5.41) is 5.85. The van der Waals surface area contributed by atoms with Gasteiger partial charge in [-0.15, -0.1) is 6.58 Å². The van der Waals surface area contributed by atoms with Gasteiger partial charge in [0.15, 0.2) is 0 Å². The Morgan fingerprint density at radius 1 is 1.11 bits per heavy atom. The second kappa shape index (κ2) is 12.8. The van der Waals surface area contributed by atoms with E-state index in [1.807, 2.05) is 32.0 Å². The van der Waals surface area contributed by atoms with Gasteiger partial charge in [-0.1, -0.05) is 54.1 Å². The number of rotatable bonds is 9. The first-order valence-corrected chi connectivity index (χ1v) is 12.5. The van der Waals surface area contributed by atoms with E-state index in [1.165, 1.54) is 11.0 Å². The van der Waals surface area contributed by atoms with Crippen LogP contribution in [-0.2, 0) is 14.3 Å². The van der Waals surface area contributed by atoms with Crippen LogP contribution in [0, 0.1) is 13.8 Å². The van der Waals surface area contributed by atoms with Gasteiger partial charge in [0.25, 0.3) is 5.91 Å². The Hall–Kier alpha value is -2.97. The number of amides is 3. The maximum absolute atomic E-state index is 13.8. The summed E-state index contributed by atoms with van der Waals surface area (Å²) >= 11 is 10.6. The van der Waals surface area contributed by atoms with E-state index in [0.29, 0.717) is 16.3 Å². The van der Waals surface area contributed by atoms with E-state index in [4.69, 9.17) is 16.3 Å². The summed E-state index contributed by atoms with van der Waals surface area (Å²) < 4.78 is 5.31. The van der Waals surface area contributed by atoms with Crippen molar-refractivity contribution in [3.63, 3.8) is 0 Å². The highest BCUT2D eigenvalue weighted by Crippen LogP contribution is 2.30. The molecule has 9 heteroatoms. The number of halogens is 1. The summed E-state index contributed by atoms with van der Waals surface area (Å²) in [5.41, 5.74) is 1.95. The van der Waals surface area contributed by atoms with Crippen LogP contribution in [0.1, 0.15) is 43.5 Å². The Morgan fingerprint density at radius 3 is 2.31 bits per heavy atom. The van der Waals surface area contributed by atoms with Crippen molar-refractivity contribution >= 4 is 47.8 Å². The molecule has 0 aliphatic rings. The average molecular weight is 532 g/mol. The number of thiol groups is 1. The van der Waals surface area contributed by atoms with Crippen molar-refractivity contribution in [3.05, 3.63) is 76.8 Å². The number of hydrogen-bond acceptors (Lipinski definition) is 5. The number of hydrogen-bond donors (Lipinski definition) is 3. The molecule has 2 N–H and O–H groups in total. The second-order valence-electron chi connectivity index (χ2n) is 9.34. The van der Waals surface area contributed by atoms with Crippen LogP contribution in [-0.4, -0.2) is 46.7 Å². The molecule has 0 aliphatic carbocycles. The molecular formula is C27H34ClN3O4S. The lowest BCUT2D eigenvalue weighted by atomic mass is 9.98. The predicted octanol–water partition coefficient (Wildman–Crippen LogP) is 5.47. The zero-order valence-corrected chi connectivity index (χ0v) is 23.0. The predicted molar refractivity (Wildman–Crippen MR) is 148 cm³/mol. The van der Waals surface area contributed by atoms with Crippen molar-refractivity contribution in [2.75, 3.05) is 17.6 Å². The Balaban J connectivity index is 2.50. The summed E-state index contributed by atoms with van der Waals surface area (Å²) in [7, 11) is 0. The van der Waals surface area contributed by atoms with Crippen LogP contribution in [0.15, 0.2) is 55.1 Å². The fraction of sp³-hybridized carbons (Fsp3) is 0.370. The molecular weight excluding hydrogens is 498 g/mol. The maximum atomic E-state index is 13.8. The van der Waals surface area contributed by atoms with E-state index in [2.05, 4.69) is 29.8 Å². The highest BCUT2D eigenvalue weighted by molar-refractivity contribution is 7.80. The van der Waals surface area contributed by atoms with Gasteiger partial charge in [0.05, 0.1) is 10.7 Å². The van der Waals surface area contributed by atoms with Crippen molar-refractivity contribution in [2.45, 2.75) is 52.3 Å².